The third kappa shape index (κ3) is 12.3. The molecule has 0 spiro atoms. The number of hydrogen-bond acceptors (Lipinski definition) is 6. The summed E-state index contributed by atoms with van der Waals surface area (Å²) >= 11 is 0. The van der Waals surface area contributed by atoms with E-state index >= 15 is 0 Å². The van der Waals surface area contributed by atoms with Crippen LogP contribution >= 0.6 is 0 Å². The zero-order valence-corrected chi connectivity index (χ0v) is 12.9. The van der Waals surface area contributed by atoms with Crippen LogP contribution < -0.4 is 11.2 Å². The Kier molecular flexibility index (Phi) is 10.6. The van der Waals surface area contributed by atoms with Gasteiger partial charge in [-0.2, -0.15) is 0 Å². The highest BCUT2D eigenvalue weighted by Crippen LogP contribution is 2.14. The van der Waals surface area contributed by atoms with Crippen LogP contribution in [0.2, 0.25) is 0 Å². The SMILES string of the molecule is CC(N)OC(C)OCCOCCCC(C)(C)ONC=O. The number of amides is 1. The monoisotopic (exact) mass is 292 g/mol. The van der Waals surface area contributed by atoms with E-state index in [-0.39, 0.29) is 12.5 Å². The van der Waals surface area contributed by atoms with Crippen molar-refractivity contribution in [3.8, 4) is 0 Å². The highest BCUT2D eigenvalue weighted by molar-refractivity contribution is 5.43. The van der Waals surface area contributed by atoms with Crippen molar-refractivity contribution in [2.24, 2.45) is 5.73 Å². The number of nitrogens with two attached hydrogens (primary N) is 1. The molecule has 0 aromatic rings. The predicted octanol–water partition coefficient (Wildman–Crippen LogP) is 0.923. The Hall–Kier alpha value is -0.730. The highest BCUT2D eigenvalue weighted by Gasteiger charge is 2.18. The van der Waals surface area contributed by atoms with E-state index in [0.29, 0.717) is 26.2 Å². The Bertz CT molecular complexity index is 249. The van der Waals surface area contributed by atoms with E-state index < -0.39 is 5.60 Å². The fraction of sp³-hybridized carbons (Fsp3) is 0.923. The van der Waals surface area contributed by atoms with Gasteiger partial charge in [-0.15, -0.1) is 0 Å². The van der Waals surface area contributed by atoms with Crippen molar-refractivity contribution in [2.45, 2.75) is 58.7 Å². The summed E-state index contributed by atoms with van der Waals surface area (Å²) < 4.78 is 16.0. The largest absolute Gasteiger partial charge is 0.379 e. The number of ether oxygens (including phenoxy) is 3. The van der Waals surface area contributed by atoms with Crippen LogP contribution in [0.5, 0.6) is 0 Å². The second-order valence-electron chi connectivity index (χ2n) is 5.09. The number of rotatable bonds is 13. The molecule has 0 rings (SSSR count). The summed E-state index contributed by atoms with van der Waals surface area (Å²) in [5, 5.41) is 0. The van der Waals surface area contributed by atoms with Gasteiger partial charge in [-0.1, -0.05) is 0 Å². The number of hydroxylamine groups is 1. The van der Waals surface area contributed by atoms with Gasteiger partial charge < -0.3 is 19.9 Å². The van der Waals surface area contributed by atoms with Crippen LogP contribution in [0.1, 0.15) is 40.5 Å². The Morgan fingerprint density at radius 1 is 1.25 bits per heavy atom. The summed E-state index contributed by atoms with van der Waals surface area (Å²) in [7, 11) is 0. The van der Waals surface area contributed by atoms with Gasteiger partial charge in [0.05, 0.1) is 18.8 Å². The lowest BCUT2D eigenvalue weighted by Gasteiger charge is -2.23. The van der Waals surface area contributed by atoms with Gasteiger partial charge >= 0.3 is 0 Å². The van der Waals surface area contributed by atoms with Crippen molar-refractivity contribution in [3.05, 3.63) is 0 Å². The minimum absolute atomic E-state index is 0.333. The van der Waals surface area contributed by atoms with Crippen LogP contribution in [0.25, 0.3) is 0 Å². The molecule has 3 N–H and O–H groups in total. The molecule has 7 heteroatoms. The maximum atomic E-state index is 10.1. The maximum absolute atomic E-state index is 10.1. The van der Waals surface area contributed by atoms with Gasteiger partial charge in [-0.25, -0.2) is 5.48 Å². The van der Waals surface area contributed by atoms with Gasteiger partial charge in [0, 0.05) is 6.61 Å². The van der Waals surface area contributed by atoms with E-state index in [4.69, 9.17) is 24.8 Å². The van der Waals surface area contributed by atoms with Crippen molar-refractivity contribution >= 4 is 6.41 Å². The zero-order valence-electron chi connectivity index (χ0n) is 12.9. The first-order valence-electron chi connectivity index (χ1n) is 6.85. The standard InChI is InChI=1S/C13H28N2O5/c1-11(14)19-12(2)18-9-8-17-7-5-6-13(3,4)20-15-10-16/h10-12H,5-9,14H2,1-4H3,(H,15,16). The fourth-order valence-electron chi connectivity index (χ4n) is 1.55. The first-order chi connectivity index (χ1) is 9.37. The van der Waals surface area contributed by atoms with E-state index in [1.54, 1.807) is 13.8 Å². The number of hydrogen-bond donors (Lipinski definition) is 2. The minimum Gasteiger partial charge on any atom is -0.379 e. The molecular formula is C13H28N2O5. The topological polar surface area (TPSA) is 92.0 Å². The van der Waals surface area contributed by atoms with Crippen molar-refractivity contribution in [3.63, 3.8) is 0 Å². The highest BCUT2D eigenvalue weighted by atomic mass is 16.7. The normalized spacial score (nSPS) is 14.8. The summed E-state index contributed by atoms with van der Waals surface area (Å²) in [5.74, 6) is 0. The lowest BCUT2D eigenvalue weighted by atomic mass is 10.0. The molecular weight excluding hydrogens is 264 g/mol. The van der Waals surface area contributed by atoms with Crippen LogP contribution in [0.15, 0.2) is 0 Å². The number of carbonyl (C=O) groups is 1. The molecule has 0 aromatic carbocycles. The summed E-state index contributed by atoms with van der Waals surface area (Å²) in [6.45, 7) is 8.92. The maximum Gasteiger partial charge on any atom is 0.230 e. The molecule has 0 saturated heterocycles. The van der Waals surface area contributed by atoms with Crippen LogP contribution in [0.4, 0.5) is 0 Å². The number of nitrogens with one attached hydrogen (secondary N) is 1. The first-order valence-corrected chi connectivity index (χ1v) is 6.85. The Morgan fingerprint density at radius 2 is 1.95 bits per heavy atom. The lowest BCUT2D eigenvalue weighted by molar-refractivity contribution is -0.161. The van der Waals surface area contributed by atoms with Crippen LogP contribution in [-0.4, -0.2) is 44.3 Å². The molecule has 0 heterocycles. The average molecular weight is 292 g/mol. The molecule has 0 aliphatic carbocycles. The van der Waals surface area contributed by atoms with Gasteiger partial charge in [0.1, 0.15) is 6.23 Å². The molecule has 0 aliphatic rings. The Balaban J connectivity index is 3.42. The quantitative estimate of drug-likeness (QED) is 0.227. The molecule has 7 nitrogen and oxygen atoms in total. The smallest absolute Gasteiger partial charge is 0.230 e. The second kappa shape index (κ2) is 11.0. The molecule has 1 amide bonds. The van der Waals surface area contributed by atoms with Crippen LogP contribution in [-0.2, 0) is 23.8 Å². The van der Waals surface area contributed by atoms with Gasteiger partial charge in [0.15, 0.2) is 6.29 Å². The van der Waals surface area contributed by atoms with Crippen LogP contribution in [0.3, 0.4) is 0 Å². The van der Waals surface area contributed by atoms with Crippen molar-refractivity contribution in [1.29, 1.82) is 0 Å². The van der Waals surface area contributed by atoms with Gasteiger partial charge in [-0.3, -0.25) is 9.63 Å². The molecule has 0 bridgehead atoms. The molecule has 2 atom stereocenters. The third-order valence-corrected chi connectivity index (χ3v) is 2.44. The average Bonchev–Trinajstić information content (AvgIpc) is 2.34. The van der Waals surface area contributed by atoms with E-state index in [1.165, 1.54) is 0 Å². The Morgan fingerprint density at radius 3 is 2.55 bits per heavy atom. The fourth-order valence-corrected chi connectivity index (χ4v) is 1.55. The zero-order chi connectivity index (χ0) is 15.4. The molecule has 0 fully saturated rings. The first kappa shape index (κ1) is 19.3. The summed E-state index contributed by atoms with van der Waals surface area (Å²) in [4.78, 5) is 15.3. The van der Waals surface area contributed by atoms with Crippen molar-refractivity contribution in [2.75, 3.05) is 19.8 Å². The molecule has 120 valence electrons. The number of carbonyl (C=O) groups excluding carboxylic acids is 1. The lowest BCUT2D eigenvalue weighted by Crippen LogP contribution is -2.32. The third-order valence-electron chi connectivity index (χ3n) is 2.44. The van der Waals surface area contributed by atoms with Gasteiger partial charge in [0.25, 0.3) is 0 Å². The van der Waals surface area contributed by atoms with Gasteiger partial charge in [0.2, 0.25) is 6.41 Å². The van der Waals surface area contributed by atoms with Crippen LogP contribution in [0, 0.1) is 0 Å². The Labute approximate surface area is 121 Å². The molecule has 0 radical (unpaired) electrons. The molecule has 2 unspecified atom stereocenters. The van der Waals surface area contributed by atoms with E-state index in [2.05, 4.69) is 5.48 Å². The molecule has 20 heavy (non-hydrogen) atoms. The summed E-state index contributed by atoms with van der Waals surface area (Å²) in [6, 6.07) is 0. The van der Waals surface area contributed by atoms with Gasteiger partial charge in [-0.05, 0) is 40.5 Å². The summed E-state index contributed by atoms with van der Waals surface area (Å²) in [5.41, 5.74) is 7.28. The van der Waals surface area contributed by atoms with E-state index in [9.17, 15) is 4.79 Å². The molecule has 0 aromatic heterocycles. The van der Waals surface area contributed by atoms with E-state index in [1.807, 2.05) is 13.8 Å². The van der Waals surface area contributed by atoms with Crippen molar-refractivity contribution < 1.29 is 23.8 Å². The molecule has 0 aliphatic heterocycles. The minimum atomic E-state index is -0.402. The molecule has 0 saturated carbocycles. The predicted molar refractivity (Wildman–Crippen MR) is 74.6 cm³/mol. The van der Waals surface area contributed by atoms with E-state index in [0.717, 1.165) is 12.8 Å². The second-order valence-corrected chi connectivity index (χ2v) is 5.09. The van der Waals surface area contributed by atoms with Crippen molar-refractivity contribution in [1.82, 2.24) is 5.48 Å². The summed E-state index contributed by atoms with van der Waals surface area (Å²) in [6.07, 6.45) is 1.45.